The fourth-order valence-electron chi connectivity index (χ4n) is 1.44. The molecule has 1 aromatic carbocycles. The first kappa shape index (κ1) is 13.2. The zero-order valence-corrected chi connectivity index (χ0v) is 9.17. The SMILES string of the molecule is Nc1nc(-c2cc(F)ccc2F)cc(C(F)(F)F)n1. The molecule has 0 fully saturated rings. The van der Waals surface area contributed by atoms with E-state index in [1.165, 1.54) is 0 Å². The van der Waals surface area contributed by atoms with E-state index >= 15 is 0 Å². The minimum Gasteiger partial charge on any atom is -0.368 e. The largest absolute Gasteiger partial charge is 0.433 e. The van der Waals surface area contributed by atoms with Crippen LogP contribution in [0.25, 0.3) is 11.3 Å². The molecule has 100 valence electrons. The van der Waals surface area contributed by atoms with Crippen LogP contribution in [0.3, 0.4) is 0 Å². The Bertz CT molecular complexity index is 624. The van der Waals surface area contributed by atoms with E-state index in [1.54, 1.807) is 0 Å². The van der Waals surface area contributed by atoms with Crippen LogP contribution in [0, 0.1) is 11.6 Å². The summed E-state index contributed by atoms with van der Waals surface area (Å²) < 4.78 is 64.1. The topological polar surface area (TPSA) is 51.8 Å². The van der Waals surface area contributed by atoms with E-state index in [2.05, 4.69) is 9.97 Å². The highest BCUT2D eigenvalue weighted by molar-refractivity contribution is 5.61. The van der Waals surface area contributed by atoms with Gasteiger partial charge in [0.25, 0.3) is 0 Å². The highest BCUT2D eigenvalue weighted by Crippen LogP contribution is 2.31. The average molecular weight is 275 g/mol. The van der Waals surface area contributed by atoms with Gasteiger partial charge in [-0.1, -0.05) is 0 Å². The van der Waals surface area contributed by atoms with Crippen LogP contribution in [0.15, 0.2) is 24.3 Å². The molecule has 0 spiro atoms. The Morgan fingerprint density at radius 1 is 1.00 bits per heavy atom. The van der Waals surface area contributed by atoms with Gasteiger partial charge in [0, 0.05) is 5.56 Å². The lowest BCUT2D eigenvalue weighted by Crippen LogP contribution is -2.11. The van der Waals surface area contributed by atoms with Crippen molar-refractivity contribution in [1.82, 2.24) is 9.97 Å². The molecule has 2 N–H and O–H groups in total. The van der Waals surface area contributed by atoms with Gasteiger partial charge in [-0.25, -0.2) is 18.7 Å². The number of alkyl halides is 3. The number of aromatic nitrogens is 2. The van der Waals surface area contributed by atoms with Crippen molar-refractivity contribution in [3.05, 3.63) is 41.6 Å². The van der Waals surface area contributed by atoms with Crippen LogP contribution in [-0.2, 0) is 6.18 Å². The van der Waals surface area contributed by atoms with Crippen LogP contribution in [0.4, 0.5) is 27.9 Å². The first-order valence-electron chi connectivity index (χ1n) is 4.94. The van der Waals surface area contributed by atoms with Gasteiger partial charge in [0.1, 0.15) is 11.6 Å². The molecule has 3 nitrogen and oxygen atoms in total. The molecule has 8 heteroatoms. The molecule has 0 aliphatic heterocycles. The number of halogens is 5. The summed E-state index contributed by atoms with van der Waals surface area (Å²) in [5, 5.41) is 0. The Hall–Kier alpha value is -2.25. The van der Waals surface area contributed by atoms with Gasteiger partial charge in [0.2, 0.25) is 5.95 Å². The molecule has 0 bridgehead atoms. The van der Waals surface area contributed by atoms with Crippen molar-refractivity contribution in [2.45, 2.75) is 6.18 Å². The summed E-state index contributed by atoms with van der Waals surface area (Å²) in [5.41, 5.74) is 2.97. The molecule has 1 aromatic heterocycles. The normalized spacial score (nSPS) is 11.6. The van der Waals surface area contributed by atoms with Gasteiger partial charge < -0.3 is 5.73 Å². The number of nitrogens with two attached hydrogens (primary N) is 1. The quantitative estimate of drug-likeness (QED) is 0.814. The molecule has 19 heavy (non-hydrogen) atoms. The second-order valence-corrected chi connectivity index (χ2v) is 3.62. The smallest absolute Gasteiger partial charge is 0.368 e. The van der Waals surface area contributed by atoms with E-state index in [1.807, 2.05) is 0 Å². The summed E-state index contributed by atoms with van der Waals surface area (Å²) in [6.45, 7) is 0. The number of nitrogens with zero attached hydrogens (tertiary/aromatic N) is 2. The molecular weight excluding hydrogens is 269 g/mol. The average Bonchev–Trinajstić information content (AvgIpc) is 2.30. The number of anilines is 1. The van der Waals surface area contributed by atoms with Gasteiger partial charge in [-0.2, -0.15) is 13.2 Å². The van der Waals surface area contributed by atoms with Gasteiger partial charge in [-0.3, -0.25) is 0 Å². The van der Waals surface area contributed by atoms with Gasteiger partial charge in [0.15, 0.2) is 5.69 Å². The Balaban J connectivity index is 2.63. The van der Waals surface area contributed by atoms with E-state index in [4.69, 9.17) is 5.73 Å². The Morgan fingerprint density at radius 3 is 2.32 bits per heavy atom. The van der Waals surface area contributed by atoms with Gasteiger partial charge in [0.05, 0.1) is 5.69 Å². The monoisotopic (exact) mass is 275 g/mol. The van der Waals surface area contributed by atoms with Crippen molar-refractivity contribution < 1.29 is 22.0 Å². The second-order valence-electron chi connectivity index (χ2n) is 3.62. The van der Waals surface area contributed by atoms with E-state index < -0.39 is 40.7 Å². The van der Waals surface area contributed by atoms with E-state index in [-0.39, 0.29) is 0 Å². The number of hydrogen-bond donors (Lipinski definition) is 1. The maximum Gasteiger partial charge on any atom is 0.433 e. The van der Waals surface area contributed by atoms with Crippen LogP contribution in [0.2, 0.25) is 0 Å². The molecule has 0 saturated carbocycles. The number of benzene rings is 1. The van der Waals surface area contributed by atoms with Gasteiger partial charge >= 0.3 is 6.18 Å². The lowest BCUT2D eigenvalue weighted by Gasteiger charge is -2.09. The molecule has 0 aliphatic rings. The molecular formula is C11H6F5N3. The highest BCUT2D eigenvalue weighted by Gasteiger charge is 2.33. The summed E-state index contributed by atoms with van der Waals surface area (Å²) in [7, 11) is 0. The first-order valence-corrected chi connectivity index (χ1v) is 4.94. The van der Waals surface area contributed by atoms with Gasteiger partial charge in [-0.15, -0.1) is 0 Å². The van der Waals surface area contributed by atoms with Crippen molar-refractivity contribution in [1.29, 1.82) is 0 Å². The maximum absolute atomic E-state index is 13.5. The molecule has 0 aliphatic carbocycles. The highest BCUT2D eigenvalue weighted by atomic mass is 19.4. The predicted octanol–water partition coefficient (Wildman–Crippen LogP) is 3.02. The Labute approximate surface area is 103 Å². The van der Waals surface area contributed by atoms with Crippen LogP contribution in [-0.4, -0.2) is 9.97 Å². The van der Waals surface area contributed by atoms with Crippen molar-refractivity contribution in [2.75, 3.05) is 5.73 Å². The summed E-state index contributed by atoms with van der Waals surface area (Å²) in [6, 6.07) is 2.87. The third-order valence-corrected chi connectivity index (χ3v) is 2.24. The standard InChI is InChI=1S/C11H6F5N3/c12-5-1-2-7(13)6(3-5)8-4-9(11(14,15)16)19-10(17)18-8/h1-4H,(H2,17,18,19). The van der Waals surface area contributed by atoms with Crippen molar-refractivity contribution in [2.24, 2.45) is 0 Å². The molecule has 2 rings (SSSR count). The fourth-order valence-corrected chi connectivity index (χ4v) is 1.44. The number of hydrogen-bond acceptors (Lipinski definition) is 3. The van der Waals surface area contributed by atoms with Crippen molar-refractivity contribution in [3.63, 3.8) is 0 Å². The molecule has 0 unspecified atom stereocenters. The summed E-state index contributed by atoms with van der Waals surface area (Å²) in [4.78, 5) is 6.49. The number of nitrogen functional groups attached to an aromatic ring is 1. The van der Waals surface area contributed by atoms with Crippen molar-refractivity contribution >= 4 is 5.95 Å². The Kier molecular flexibility index (Phi) is 3.09. The first-order chi connectivity index (χ1) is 8.77. The molecule has 0 amide bonds. The second kappa shape index (κ2) is 4.45. The molecule has 0 atom stereocenters. The number of rotatable bonds is 1. The maximum atomic E-state index is 13.5. The van der Waals surface area contributed by atoms with Crippen LogP contribution in [0.5, 0.6) is 0 Å². The third-order valence-electron chi connectivity index (χ3n) is 2.24. The van der Waals surface area contributed by atoms with E-state index in [9.17, 15) is 22.0 Å². The van der Waals surface area contributed by atoms with Crippen LogP contribution >= 0.6 is 0 Å². The van der Waals surface area contributed by atoms with Crippen LogP contribution < -0.4 is 5.73 Å². The van der Waals surface area contributed by atoms with Crippen LogP contribution in [0.1, 0.15) is 5.69 Å². The third kappa shape index (κ3) is 2.78. The summed E-state index contributed by atoms with van der Waals surface area (Å²) >= 11 is 0. The van der Waals surface area contributed by atoms with E-state index in [0.29, 0.717) is 6.07 Å². The predicted molar refractivity (Wildman–Crippen MR) is 56.8 cm³/mol. The lowest BCUT2D eigenvalue weighted by molar-refractivity contribution is -0.141. The molecule has 2 aromatic rings. The molecule has 0 radical (unpaired) electrons. The minimum absolute atomic E-state index is 0.417. The van der Waals surface area contributed by atoms with E-state index in [0.717, 1.165) is 18.2 Å². The summed E-state index contributed by atoms with van der Waals surface area (Å²) in [6.07, 6.45) is -4.75. The minimum atomic E-state index is -4.75. The molecule has 0 saturated heterocycles. The zero-order valence-electron chi connectivity index (χ0n) is 9.17. The van der Waals surface area contributed by atoms with Gasteiger partial charge in [-0.05, 0) is 24.3 Å². The Morgan fingerprint density at radius 2 is 1.68 bits per heavy atom. The zero-order chi connectivity index (χ0) is 14.2. The lowest BCUT2D eigenvalue weighted by atomic mass is 10.1. The van der Waals surface area contributed by atoms with Crippen molar-refractivity contribution in [3.8, 4) is 11.3 Å². The summed E-state index contributed by atoms with van der Waals surface area (Å²) in [5.74, 6) is -2.39. The molecule has 1 heterocycles. The fraction of sp³-hybridized carbons (Fsp3) is 0.0909.